The van der Waals surface area contributed by atoms with Crippen LogP contribution in [0.2, 0.25) is 0 Å². The Morgan fingerprint density at radius 2 is 2.13 bits per heavy atom. The molecule has 0 bridgehead atoms. The molecule has 5 nitrogen and oxygen atoms in total. The maximum Gasteiger partial charge on any atom is 0.315 e. The zero-order chi connectivity index (χ0) is 15.9. The van der Waals surface area contributed by atoms with Crippen LogP contribution in [-0.2, 0) is 0 Å². The summed E-state index contributed by atoms with van der Waals surface area (Å²) in [5.74, 6) is 1.28. The normalized spacial score (nSPS) is 20.2. The van der Waals surface area contributed by atoms with Crippen LogP contribution in [0, 0.1) is 11.3 Å². The quantitative estimate of drug-likeness (QED) is 0.767. The Morgan fingerprint density at radius 3 is 2.78 bits per heavy atom. The highest BCUT2D eigenvalue weighted by atomic mass is 16.3. The summed E-state index contributed by atoms with van der Waals surface area (Å²) in [7, 11) is 0. The second-order valence-corrected chi connectivity index (χ2v) is 6.99. The second kappa shape index (κ2) is 5.57. The summed E-state index contributed by atoms with van der Waals surface area (Å²) < 4.78 is 5.93. The Kier molecular flexibility index (Phi) is 3.53. The van der Waals surface area contributed by atoms with Crippen molar-refractivity contribution in [3.8, 4) is 0 Å². The predicted octanol–water partition coefficient (Wildman–Crippen LogP) is 2.96. The zero-order valence-electron chi connectivity index (χ0n) is 13.0. The third-order valence-corrected chi connectivity index (χ3v) is 5.05. The Balaban J connectivity index is 1.44. The number of hydrogen-bond acceptors (Lipinski definition) is 3. The van der Waals surface area contributed by atoms with E-state index in [1.54, 1.807) is 0 Å². The summed E-state index contributed by atoms with van der Waals surface area (Å²) in [6, 6.07) is 9.66. The Labute approximate surface area is 135 Å². The molecule has 1 aromatic carbocycles. The molecule has 2 fully saturated rings. The molecule has 0 aliphatic heterocycles. The first-order chi connectivity index (χ1) is 11.2. The van der Waals surface area contributed by atoms with Crippen molar-refractivity contribution in [2.24, 2.45) is 11.3 Å². The van der Waals surface area contributed by atoms with E-state index in [1.165, 1.54) is 0 Å². The van der Waals surface area contributed by atoms with Crippen LogP contribution in [0.4, 0.5) is 4.79 Å². The molecule has 0 radical (unpaired) electrons. The van der Waals surface area contributed by atoms with Crippen molar-refractivity contribution in [2.75, 3.05) is 13.2 Å². The zero-order valence-corrected chi connectivity index (χ0v) is 13.0. The molecule has 2 aromatic rings. The van der Waals surface area contributed by atoms with Crippen molar-refractivity contribution in [3.05, 3.63) is 36.1 Å². The van der Waals surface area contributed by atoms with E-state index in [2.05, 4.69) is 10.6 Å². The fraction of sp³-hybridized carbons (Fsp3) is 0.500. The molecule has 0 spiro atoms. The maximum absolute atomic E-state index is 12.2. The molecule has 5 heteroatoms. The largest absolute Gasteiger partial charge is 0.459 e. The van der Waals surface area contributed by atoms with Crippen molar-refractivity contribution in [3.63, 3.8) is 0 Å². The summed E-state index contributed by atoms with van der Waals surface area (Å²) in [5.41, 5.74) is 0.777. The van der Waals surface area contributed by atoms with E-state index in [9.17, 15) is 9.90 Å². The van der Waals surface area contributed by atoms with Gasteiger partial charge >= 0.3 is 6.03 Å². The summed E-state index contributed by atoms with van der Waals surface area (Å²) >= 11 is 0. The van der Waals surface area contributed by atoms with Gasteiger partial charge in [0, 0.05) is 17.3 Å². The number of urea groups is 1. The summed E-state index contributed by atoms with van der Waals surface area (Å²) in [6.07, 6.45) is 4.20. The van der Waals surface area contributed by atoms with Gasteiger partial charge in [0.15, 0.2) is 0 Å². The minimum atomic E-state index is -0.179. The number of furan rings is 1. The van der Waals surface area contributed by atoms with Gasteiger partial charge in [0.2, 0.25) is 0 Å². The molecular formula is C18H22N2O3. The average molecular weight is 314 g/mol. The molecule has 3 N–H and O–H groups in total. The lowest BCUT2D eigenvalue weighted by Crippen LogP contribution is -2.41. The van der Waals surface area contributed by atoms with E-state index in [0.717, 1.165) is 42.4 Å². The molecule has 1 aromatic heterocycles. The highest BCUT2D eigenvalue weighted by Gasteiger charge is 2.42. The lowest BCUT2D eigenvalue weighted by Gasteiger charge is -2.18. The monoisotopic (exact) mass is 314 g/mol. The van der Waals surface area contributed by atoms with Gasteiger partial charge in [-0.3, -0.25) is 0 Å². The van der Waals surface area contributed by atoms with Gasteiger partial charge in [-0.15, -0.1) is 0 Å². The van der Waals surface area contributed by atoms with E-state index in [1.807, 2.05) is 30.3 Å². The highest BCUT2D eigenvalue weighted by Crippen LogP contribution is 2.44. The lowest BCUT2D eigenvalue weighted by molar-refractivity contribution is 0.201. The van der Waals surface area contributed by atoms with Crippen molar-refractivity contribution >= 4 is 17.0 Å². The summed E-state index contributed by atoms with van der Waals surface area (Å²) in [4.78, 5) is 12.2. The van der Waals surface area contributed by atoms with Gasteiger partial charge in [-0.25, -0.2) is 4.79 Å². The Morgan fingerprint density at radius 1 is 1.35 bits per heavy atom. The molecule has 0 saturated heterocycles. The van der Waals surface area contributed by atoms with Crippen LogP contribution in [0.15, 0.2) is 34.7 Å². The molecule has 0 unspecified atom stereocenters. The van der Waals surface area contributed by atoms with Crippen molar-refractivity contribution in [2.45, 2.75) is 31.7 Å². The van der Waals surface area contributed by atoms with Gasteiger partial charge in [-0.1, -0.05) is 18.2 Å². The van der Waals surface area contributed by atoms with E-state index >= 15 is 0 Å². The fourth-order valence-corrected chi connectivity index (χ4v) is 3.03. The van der Waals surface area contributed by atoms with Crippen LogP contribution in [0.1, 0.15) is 37.5 Å². The molecule has 2 aliphatic rings. The first-order valence-electron chi connectivity index (χ1n) is 8.33. The van der Waals surface area contributed by atoms with Gasteiger partial charge in [0.25, 0.3) is 0 Å². The van der Waals surface area contributed by atoms with Crippen LogP contribution >= 0.6 is 0 Å². The number of aliphatic hydroxyl groups is 1. The molecule has 2 saturated carbocycles. The molecule has 1 heterocycles. The number of amides is 2. The lowest BCUT2D eigenvalue weighted by atomic mass is 10.1. The van der Waals surface area contributed by atoms with Gasteiger partial charge in [-0.05, 0) is 43.7 Å². The topological polar surface area (TPSA) is 74.5 Å². The number of benzene rings is 1. The SMILES string of the molecule is O=C(NCC1(CO)CC1)N[C@H](c1cc2ccccc2o1)C1CC1. The second-order valence-electron chi connectivity index (χ2n) is 6.99. The van der Waals surface area contributed by atoms with Crippen LogP contribution in [-0.4, -0.2) is 24.3 Å². The first kappa shape index (κ1) is 14.6. The summed E-state index contributed by atoms with van der Waals surface area (Å²) in [6.45, 7) is 0.676. The van der Waals surface area contributed by atoms with E-state index in [-0.39, 0.29) is 24.1 Å². The van der Waals surface area contributed by atoms with Gasteiger partial charge < -0.3 is 20.2 Å². The number of rotatable bonds is 6. The van der Waals surface area contributed by atoms with E-state index in [4.69, 9.17) is 4.42 Å². The van der Waals surface area contributed by atoms with Gasteiger partial charge in [-0.2, -0.15) is 0 Å². The van der Waals surface area contributed by atoms with E-state index in [0.29, 0.717) is 12.5 Å². The Hall–Kier alpha value is -2.01. The number of nitrogens with one attached hydrogen (secondary N) is 2. The fourth-order valence-electron chi connectivity index (χ4n) is 3.03. The van der Waals surface area contributed by atoms with Crippen LogP contribution in [0.3, 0.4) is 0 Å². The number of carbonyl (C=O) groups is 1. The van der Waals surface area contributed by atoms with Gasteiger partial charge in [0.05, 0.1) is 12.6 Å². The number of para-hydroxylation sites is 1. The molecule has 23 heavy (non-hydrogen) atoms. The number of hydrogen-bond donors (Lipinski definition) is 3. The molecule has 122 valence electrons. The number of fused-ring (bicyclic) bond motifs is 1. The van der Waals surface area contributed by atoms with Crippen LogP contribution < -0.4 is 10.6 Å². The third kappa shape index (κ3) is 3.06. The van der Waals surface area contributed by atoms with Crippen LogP contribution in [0.5, 0.6) is 0 Å². The molecule has 1 atom stereocenters. The third-order valence-electron chi connectivity index (χ3n) is 5.05. The molecule has 4 rings (SSSR count). The molecule has 2 amide bonds. The predicted molar refractivity (Wildman–Crippen MR) is 87.0 cm³/mol. The number of carbonyl (C=O) groups excluding carboxylic acids is 1. The average Bonchev–Trinajstić information content (AvgIpc) is 3.48. The Bertz CT molecular complexity index is 683. The van der Waals surface area contributed by atoms with Gasteiger partial charge in [0.1, 0.15) is 11.3 Å². The van der Waals surface area contributed by atoms with Crippen molar-refractivity contribution in [1.82, 2.24) is 10.6 Å². The van der Waals surface area contributed by atoms with Crippen molar-refractivity contribution in [1.29, 1.82) is 0 Å². The van der Waals surface area contributed by atoms with Crippen molar-refractivity contribution < 1.29 is 14.3 Å². The minimum absolute atomic E-state index is 0.0771. The highest BCUT2D eigenvalue weighted by molar-refractivity contribution is 5.78. The smallest absolute Gasteiger partial charge is 0.315 e. The first-order valence-corrected chi connectivity index (χ1v) is 8.33. The molecule has 2 aliphatic carbocycles. The maximum atomic E-state index is 12.2. The standard InChI is InChI=1S/C18H22N2O3/c21-11-18(7-8-18)10-19-17(22)20-16(12-5-6-12)15-9-13-3-1-2-4-14(13)23-15/h1-4,9,12,16,21H,5-8,10-11H2,(H2,19,20,22)/t16-/m0/s1. The number of aliphatic hydroxyl groups excluding tert-OH is 1. The van der Waals surface area contributed by atoms with Crippen LogP contribution in [0.25, 0.3) is 11.0 Å². The van der Waals surface area contributed by atoms with E-state index < -0.39 is 0 Å². The molecular weight excluding hydrogens is 292 g/mol. The minimum Gasteiger partial charge on any atom is -0.459 e. The summed E-state index contributed by atoms with van der Waals surface area (Å²) in [5, 5.41) is 16.3.